The third kappa shape index (κ3) is 7.27. The predicted molar refractivity (Wildman–Crippen MR) is 96.4 cm³/mol. The average molecular weight is 346 g/mol. The van der Waals surface area contributed by atoms with Crippen LogP contribution in [0.25, 0.3) is 6.08 Å². The lowest BCUT2D eigenvalue weighted by molar-refractivity contribution is -0.117. The van der Waals surface area contributed by atoms with E-state index in [1.54, 1.807) is 32.4 Å². The Bertz CT molecular complexity index is 633. The van der Waals surface area contributed by atoms with E-state index >= 15 is 0 Å². The Balaban J connectivity index is 2.85. The Hall–Kier alpha value is -2.52. The van der Waals surface area contributed by atoms with E-state index in [2.05, 4.69) is 19.2 Å². The lowest BCUT2D eigenvalue weighted by Gasteiger charge is -2.13. The lowest BCUT2D eigenvalue weighted by Crippen LogP contribution is -2.26. The topological polar surface area (TPSA) is 80.6 Å². The summed E-state index contributed by atoms with van der Waals surface area (Å²) in [6, 6.07) is 7.23. The second-order valence-electron chi connectivity index (χ2n) is 5.89. The minimum atomic E-state index is -0.405. The van der Waals surface area contributed by atoms with Gasteiger partial charge in [0.15, 0.2) is 11.5 Å². The summed E-state index contributed by atoms with van der Waals surface area (Å²) >= 11 is 0. The monoisotopic (exact) mass is 346 g/mol. The smallest absolute Gasteiger partial charge is 0.261 e. The summed E-state index contributed by atoms with van der Waals surface area (Å²) in [5, 5.41) is 11.9. The van der Waals surface area contributed by atoms with Crippen LogP contribution in [0.4, 0.5) is 0 Å². The first-order chi connectivity index (χ1) is 12.0. The highest BCUT2D eigenvalue weighted by Gasteiger charge is 2.10. The molecule has 0 saturated carbocycles. The number of nitrogens with zero attached hydrogens (tertiary/aromatic N) is 1. The van der Waals surface area contributed by atoms with Crippen LogP contribution in [0.2, 0.25) is 0 Å². The van der Waals surface area contributed by atoms with Crippen molar-refractivity contribution in [3.8, 4) is 17.6 Å². The van der Waals surface area contributed by atoms with Gasteiger partial charge < -0.3 is 19.5 Å². The summed E-state index contributed by atoms with van der Waals surface area (Å²) in [5.74, 6) is 1.19. The van der Waals surface area contributed by atoms with Crippen molar-refractivity contribution in [2.45, 2.75) is 20.3 Å². The molecule has 136 valence electrons. The molecule has 0 fully saturated rings. The van der Waals surface area contributed by atoms with Gasteiger partial charge in [0.05, 0.1) is 13.7 Å². The molecule has 0 heterocycles. The second kappa shape index (κ2) is 11.1. The molecular weight excluding hydrogens is 320 g/mol. The van der Waals surface area contributed by atoms with E-state index < -0.39 is 5.91 Å². The van der Waals surface area contributed by atoms with Crippen LogP contribution in [0, 0.1) is 17.2 Å². The number of carbonyl (C=O) groups is 1. The zero-order valence-corrected chi connectivity index (χ0v) is 15.3. The van der Waals surface area contributed by atoms with E-state index in [0.29, 0.717) is 49.2 Å². The molecule has 25 heavy (non-hydrogen) atoms. The average Bonchev–Trinajstić information content (AvgIpc) is 2.61. The number of rotatable bonds is 10. The lowest BCUT2D eigenvalue weighted by atomic mass is 10.1. The number of carbonyl (C=O) groups excluding carboxylic acids is 1. The molecule has 0 aromatic heterocycles. The van der Waals surface area contributed by atoms with Crippen molar-refractivity contribution < 1.29 is 19.0 Å². The van der Waals surface area contributed by atoms with E-state index in [-0.39, 0.29) is 5.57 Å². The van der Waals surface area contributed by atoms with Crippen LogP contribution in [0.3, 0.4) is 0 Å². The highest BCUT2D eigenvalue weighted by molar-refractivity contribution is 6.01. The van der Waals surface area contributed by atoms with Crippen molar-refractivity contribution in [1.82, 2.24) is 5.32 Å². The van der Waals surface area contributed by atoms with Crippen LogP contribution in [-0.4, -0.2) is 39.9 Å². The first kappa shape index (κ1) is 20.5. The number of nitriles is 1. The molecule has 1 N–H and O–H groups in total. The third-order valence-electron chi connectivity index (χ3n) is 3.25. The van der Waals surface area contributed by atoms with Gasteiger partial charge in [0.1, 0.15) is 11.6 Å². The van der Waals surface area contributed by atoms with Gasteiger partial charge in [-0.25, -0.2) is 0 Å². The number of amides is 1. The largest absolute Gasteiger partial charge is 0.493 e. The molecule has 1 aromatic carbocycles. The van der Waals surface area contributed by atoms with Gasteiger partial charge in [-0.3, -0.25) is 4.79 Å². The fourth-order valence-electron chi connectivity index (χ4n) is 1.98. The van der Waals surface area contributed by atoms with Crippen LogP contribution in [0.15, 0.2) is 23.8 Å². The van der Waals surface area contributed by atoms with Gasteiger partial charge in [0.2, 0.25) is 0 Å². The number of nitrogens with one attached hydrogen (secondary N) is 1. The fraction of sp³-hybridized carbons (Fsp3) is 0.474. The van der Waals surface area contributed by atoms with E-state index in [1.807, 2.05) is 6.07 Å². The van der Waals surface area contributed by atoms with Crippen LogP contribution in [-0.2, 0) is 9.53 Å². The number of hydrogen-bond acceptors (Lipinski definition) is 5. The number of hydrogen-bond donors (Lipinski definition) is 1. The molecule has 0 saturated heterocycles. The predicted octanol–water partition coefficient (Wildman–Crippen LogP) is 2.79. The number of benzene rings is 1. The highest BCUT2D eigenvalue weighted by Crippen LogP contribution is 2.29. The van der Waals surface area contributed by atoms with Gasteiger partial charge in [-0.1, -0.05) is 19.9 Å². The van der Waals surface area contributed by atoms with Gasteiger partial charge in [-0.05, 0) is 36.1 Å². The van der Waals surface area contributed by atoms with Gasteiger partial charge >= 0.3 is 0 Å². The van der Waals surface area contributed by atoms with Crippen LogP contribution >= 0.6 is 0 Å². The van der Waals surface area contributed by atoms with E-state index in [1.165, 1.54) is 6.08 Å². The first-order valence-electron chi connectivity index (χ1n) is 8.21. The first-order valence-corrected chi connectivity index (χ1v) is 8.21. The summed E-state index contributed by atoms with van der Waals surface area (Å²) in [4.78, 5) is 12.0. The second-order valence-corrected chi connectivity index (χ2v) is 5.89. The molecule has 0 radical (unpaired) electrons. The van der Waals surface area contributed by atoms with Crippen molar-refractivity contribution in [3.63, 3.8) is 0 Å². The molecular formula is C19H26N2O4. The van der Waals surface area contributed by atoms with E-state index in [4.69, 9.17) is 14.2 Å². The van der Waals surface area contributed by atoms with Crippen LogP contribution in [0.5, 0.6) is 11.5 Å². The van der Waals surface area contributed by atoms with E-state index in [0.717, 1.165) is 0 Å². The van der Waals surface area contributed by atoms with Crippen molar-refractivity contribution in [1.29, 1.82) is 5.26 Å². The molecule has 0 aliphatic carbocycles. The van der Waals surface area contributed by atoms with Gasteiger partial charge in [0, 0.05) is 20.3 Å². The quantitative estimate of drug-likeness (QED) is 0.400. The zero-order valence-electron chi connectivity index (χ0n) is 15.3. The number of ether oxygens (including phenoxy) is 3. The van der Waals surface area contributed by atoms with Crippen molar-refractivity contribution in [2.24, 2.45) is 5.92 Å². The van der Waals surface area contributed by atoms with Gasteiger partial charge in [-0.15, -0.1) is 0 Å². The molecule has 0 spiro atoms. The third-order valence-corrected chi connectivity index (χ3v) is 3.25. The number of methoxy groups -OCH3 is 2. The van der Waals surface area contributed by atoms with Crippen molar-refractivity contribution in [3.05, 3.63) is 29.3 Å². The summed E-state index contributed by atoms with van der Waals surface area (Å²) in [6.07, 6.45) is 2.22. The molecule has 6 heteroatoms. The minimum absolute atomic E-state index is 0.0373. The van der Waals surface area contributed by atoms with Gasteiger partial charge in [0.25, 0.3) is 5.91 Å². The molecule has 1 amide bonds. The zero-order chi connectivity index (χ0) is 18.7. The standard InChI is InChI=1S/C19H26N2O4/c1-14(2)13-25-17-7-6-15(11-18(17)24-4)10-16(12-20)19(22)21-8-5-9-23-3/h6-7,10-11,14H,5,8-9,13H2,1-4H3,(H,21,22)/b16-10+. The molecule has 0 bridgehead atoms. The summed E-state index contributed by atoms with van der Waals surface area (Å²) in [7, 11) is 3.16. The molecule has 1 rings (SSSR count). The van der Waals surface area contributed by atoms with Crippen LogP contribution in [0.1, 0.15) is 25.8 Å². The maximum Gasteiger partial charge on any atom is 0.261 e. The molecule has 0 aliphatic heterocycles. The molecule has 0 unspecified atom stereocenters. The normalized spacial score (nSPS) is 11.1. The maximum atomic E-state index is 12.0. The highest BCUT2D eigenvalue weighted by atomic mass is 16.5. The Labute approximate surface area is 149 Å². The summed E-state index contributed by atoms with van der Waals surface area (Å²) in [6.45, 7) is 5.72. The van der Waals surface area contributed by atoms with Crippen molar-refractivity contribution in [2.75, 3.05) is 34.0 Å². The van der Waals surface area contributed by atoms with Crippen molar-refractivity contribution >= 4 is 12.0 Å². The Morgan fingerprint density at radius 2 is 2.08 bits per heavy atom. The summed E-state index contributed by atoms with van der Waals surface area (Å²) in [5.41, 5.74) is 0.729. The fourth-order valence-corrected chi connectivity index (χ4v) is 1.98. The van der Waals surface area contributed by atoms with E-state index in [9.17, 15) is 10.1 Å². The van der Waals surface area contributed by atoms with Crippen LogP contribution < -0.4 is 14.8 Å². The Morgan fingerprint density at radius 3 is 2.68 bits per heavy atom. The molecule has 1 aromatic rings. The summed E-state index contributed by atoms with van der Waals surface area (Å²) < 4.78 is 16.0. The maximum absolute atomic E-state index is 12.0. The minimum Gasteiger partial charge on any atom is -0.493 e. The SMILES string of the molecule is COCCCNC(=O)/C(C#N)=C/c1ccc(OCC(C)C)c(OC)c1. The Morgan fingerprint density at radius 1 is 1.32 bits per heavy atom. The molecule has 6 nitrogen and oxygen atoms in total. The molecule has 0 aliphatic rings. The molecule has 0 atom stereocenters. The van der Waals surface area contributed by atoms with Gasteiger partial charge in [-0.2, -0.15) is 5.26 Å². The Kier molecular flexibility index (Phi) is 9.12.